The number of rotatable bonds is 5. The van der Waals surface area contributed by atoms with Crippen molar-refractivity contribution in [2.45, 2.75) is 18.8 Å². The summed E-state index contributed by atoms with van der Waals surface area (Å²) in [5.74, 6) is -1.45. The van der Waals surface area contributed by atoms with Crippen molar-refractivity contribution in [2.24, 2.45) is 13.0 Å². The topological polar surface area (TPSA) is 78.3 Å². The minimum absolute atomic E-state index is 0.0240. The molecule has 2 aliphatic rings. The maximum absolute atomic E-state index is 13.1. The number of fused-ring (bicyclic) bond motifs is 1. The Labute approximate surface area is 207 Å². The van der Waals surface area contributed by atoms with Crippen molar-refractivity contribution in [3.63, 3.8) is 0 Å². The Balaban J connectivity index is 1.22. The fourth-order valence-corrected chi connectivity index (χ4v) is 5.32. The van der Waals surface area contributed by atoms with E-state index in [2.05, 4.69) is 26.1 Å². The first-order valence-electron chi connectivity index (χ1n) is 12.1. The highest BCUT2D eigenvalue weighted by molar-refractivity contribution is 5.87. The zero-order valence-corrected chi connectivity index (χ0v) is 20.0. The molecular weight excluding hydrogens is 462 g/mol. The summed E-state index contributed by atoms with van der Waals surface area (Å²) in [5, 5.41) is 18.3. The van der Waals surface area contributed by atoms with Gasteiger partial charge in [-0.3, -0.25) is 9.58 Å². The largest absolute Gasteiger partial charge is 0.354 e. The van der Waals surface area contributed by atoms with Gasteiger partial charge >= 0.3 is 0 Å². The Hall–Kier alpha value is -3.84. The number of nitriles is 1. The van der Waals surface area contributed by atoms with Gasteiger partial charge in [-0.25, -0.2) is 18.3 Å². The SMILES string of the molecule is Cn1cc(-c2cc(-c3ccc(N4CCN(CC5CC(F)(F)C5)CC4)nc3)c3c(C#N)cnn3c2)cn1. The normalized spacial score (nSPS) is 18.3. The summed E-state index contributed by atoms with van der Waals surface area (Å²) in [6.45, 7) is 4.09. The van der Waals surface area contributed by atoms with Crippen molar-refractivity contribution < 1.29 is 8.78 Å². The van der Waals surface area contributed by atoms with E-state index in [1.165, 1.54) is 0 Å². The van der Waals surface area contributed by atoms with Gasteiger partial charge in [0.2, 0.25) is 5.92 Å². The molecule has 0 radical (unpaired) electrons. The van der Waals surface area contributed by atoms with Crippen molar-refractivity contribution in [1.82, 2.24) is 29.3 Å². The zero-order chi connectivity index (χ0) is 24.9. The third kappa shape index (κ3) is 4.20. The predicted molar refractivity (Wildman–Crippen MR) is 132 cm³/mol. The molecule has 0 aromatic carbocycles. The molecule has 1 aliphatic carbocycles. The Kier molecular flexibility index (Phi) is 5.45. The lowest BCUT2D eigenvalue weighted by atomic mass is 9.81. The number of alkyl halides is 2. The quantitative estimate of drug-likeness (QED) is 0.425. The highest BCUT2D eigenvalue weighted by Gasteiger charge is 2.45. The number of halogens is 2. The summed E-state index contributed by atoms with van der Waals surface area (Å²) in [5.41, 5.74) is 4.94. The second kappa shape index (κ2) is 8.68. The molecule has 0 N–H and O–H groups in total. The molecule has 1 saturated heterocycles. The molecule has 5 heterocycles. The van der Waals surface area contributed by atoms with E-state index in [0.29, 0.717) is 5.56 Å². The van der Waals surface area contributed by atoms with Gasteiger partial charge in [0, 0.05) is 93.5 Å². The number of hydrogen-bond donors (Lipinski definition) is 0. The van der Waals surface area contributed by atoms with Crippen molar-refractivity contribution >= 4 is 11.3 Å². The molecule has 4 aromatic rings. The van der Waals surface area contributed by atoms with E-state index in [9.17, 15) is 14.0 Å². The predicted octanol–water partition coefficient (Wildman–Crippen LogP) is 3.84. The summed E-state index contributed by atoms with van der Waals surface area (Å²) in [7, 11) is 1.87. The molecule has 0 unspecified atom stereocenters. The highest BCUT2D eigenvalue weighted by Crippen LogP contribution is 2.42. The lowest BCUT2D eigenvalue weighted by Gasteiger charge is -2.41. The van der Waals surface area contributed by atoms with Crippen molar-refractivity contribution in [3.8, 4) is 28.3 Å². The van der Waals surface area contributed by atoms with Gasteiger partial charge in [0.1, 0.15) is 11.9 Å². The van der Waals surface area contributed by atoms with Crippen LogP contribution in [0.1, 0.15) is 18.4 Å². The van der Waals surface area contributed by atoms with Gasteiger partial charge < -0.3 is 4.90 Å². The molecule has 2 fully saturated rings. The van der Waals surface area contributed by atoms with Crippen LogP contribution in [0.3, 0.4) is 0 Å². The maximum atomic E-state index is 13.1. The number of nitrogens with zero attached hydrogens (tertiary/aromatic N) is 8. The van der Waals surface area contributed by atoms with Crippen LogP contribution in [0.15, 0.2) is 49.2 Å². The summed E-state index contributed by atoms with van der Waals surface area (Å²) in [6, 6.07) is 8.33. The first kappa shape index (κ1) is 22.6. The Morgan fingerprint density at radius 1 is 1.00 bits per heavy atom. The number of pyridine rings is 2. The van der Waals surface area contributed by atoms with Gasteiger partial charge in [0.25, 0.3) is 0 Å². The molecule has 0 amide bonds. The van der Waals surface area contributed by atoms with Gasteiger partial charge in [0.05, 0.1) is 23.5 Å². The van der Waals surface area contributed by atoms with Gasteiger partial charge in [-0.1, -0.05) is 0 Å². The van der Waals surface area contributed by atoms with E-state index in [4.69, 9.17) is 4.98 Å². The Morgan fingerprint density at radius 2 is 1.81 bits per heavy atom. The number of aromatic nitrogens is 5. The van der Waals surface area contributed by atoms with Crippen LogP contribution in [0.25, 0.3) is 27.8 Å². The lowest BCUT2D eigenvalue weighted by Crippen LogP contribution is -2.50. The molecule has 8 nitrogen and oxygen atoms in total. The molecule has 0 spiro atoms. The van der Waals surface area contributed by atoms with Crippen molar-refractivity contribution in [3.05, 3.63) is 54.7 Å². The third-order valence-corrected chi connectivity index (χ3v) is 7.22. The average Bonchev–Trinajstić information content (AvgIpc) is 3.49. The summed E-state index contributed by atoms with van der Waals surface area (Å²) in [6.07, 6.45) is 9.12. The number of hydrogen-bond acceptors (Lipinski definition) is 6. The molecule has 184 valence electrons. The molecule has 36 heavy (non-hydrogen) atoms. The van der Waals surface area contributed by atoms with E-state index in [-0.39, 0.29) is 18.8 Å². The van der Waals surface area contributed by atoms with E-state index >= 15 is 0 Å². The van der Waals surface area contributed by atoms with Crippen LogP contribution >= 0.6 is 0 Å². The van der Waals surface area contributed by atoms with Crippen LogP contribution in [0.4, 0.5) is 14.6 Å². The molecule has 6 rings (SSSR count). The summed E-state index contributed by atoms with van der Waals surface area (Å²) in [4.78, 5) is 9.26. The molecule has 1 aliphatic heterocycles. The molecule has 10 heteroatoms. The second-order valence-electron chi connectivity index (χ2n) is 9.83. The Bertz CT molecular complexity index is 1430. The molecule has 0 bridgehead atoms. The Morgan fingerprint density at radius 3 is 2.44 bits per heavy atom. The first-order chi connectivity index (χ1) is 17.4. The van der Waals surface area contributed by atoms with Crippen LogP contribution < -0.4 is 4.90 Å². The standard InChI is InChI=1S/C26H26F2N8/c1-33-16-22(14-31-33)20-8-23(25-21(11-29)13-32-36(25)17-20)19-2-3-24(30-12-19)35-6-4-34(5-7-35)15-18-9-26(27,28)10-18/h2-3,8,12-14,16-18H,4-7,9-10,15H2,1H3. The van der Waals surface area contributed by atoms with Crippen LogP contribution in [-0.4, -0.2) is 67.9 Å². The monoisotopic (exact) mass is 488 g/mol. The van der Waals surface area contributed by atoms with Gasteiger partial charge in [-0.05, 0) is 24.1 Å². The fraction of sp³-hybridized carbons (Fsp3) is 0.385. The van der Waals surface area contributed by atoms with E-state index in [0.717, 1.165) is 66.3 Å². The third-order valence-electron chi connectivity index (χ3n) is 7.22. The van der Waals surface area contributed by atoms with Crippen LogP contribution in [0, 0.1) is 17.2 Å². The molecule has 0 atom stereocenters. The van der Waals surface area contributed by atoms with Gasteiger partial charge in [-0.15, -0.1) is 0 Å². The smallest absolute Gasteiger partial charge is 0.248 e. The highest BCUT2D eigenvalue weighted by atomic mass is 19.3. The van der Waals surface area contributed by atoms with Crippen molar-refractivity contribution in [1.29, 1.82) is 5.26 Å². The zero-order valence-electron chi connectivity index (χ0n) is 20.0. The number of piperazine rings is 1. The van der Waals surface area contributed by atoms with E-state index in [1.54, 1.807) is 21.6 Å². The number of anilines is 1. The van der Waals surface area contributed by atoms with Gasteiger partial charge in [0.15, 0.2) is 0 Å². The van der Waals surface area contributed by atoms with E-state index < -0.39 is 5.92 Å². The fourth-order valence-electron chi connectivity index (χ4n) is 5.32. The molecule has 1 saturated carbocycles. The van der Waals surface area contributed by atoms with E-state index in [1.807, 2.05) is 43.8 Å². The van der Waals surface area contributed by atoms with Crippen LogP contribution in [0.5, 0.6) is 0 Å². The minimum atomic E-state index is -2.45. The second-order valence-corrected chi connectivity index (χ2v) is 9.83. The average molecular weight is 489 g/mol. The molecular formula is C26H26F2N8. The first-order valence-corrected chi connectivity index (χ1v) is 12.1. The van der Waals surface area contributed by atoms with Crippen LogP contribution in [-0.2, 0) is 7.05 Å². The summed E-state index contributed by atoms with van der Waals surface area (Å²) >= 11 is 0. The van der Waals surface area contributed by atoms with Crippen LogP contribution in [0.2, 0.25) is 0 Å². The minimum Gasteiger partial charge on any atom is -0.354 e. The lowest BCUT2D eigenvalue weighted by molar-refractivity contribution is -0.116. The maximum Gasteiger partial charge on any atom is 0.248 e. The molecule has 4 aromatic heterocycles. The van der Waals surface area contributed by atoms with Crippen molar-refractivity contribution in [2.75, 3.05) is 37.6 Å². The summed E-state index contributed by atoms with van der Waals surface area (Å²) < 4.78 is 29.8. The van der Waals surface area contributed by atoms with Gasteiger partial charge in [-0.2, -0.15) is 15.5 Å². The number of aryl methyl sites for hydroxylation is 1.